The molecule has 1 spiro atoms. The number of carbonyl (C=O) groups excluding carboxylic acids is 1. The fraction of sp³-hybridized carbons (Fsp3) is 0.789. The summed E-state index contributed by atoms with van der Waals surface area (Å²) >= 11 is 0. The van der Waals surface area contributed by atoms with Crippen LogP contribution in [-0.2, 0) is 4.74 Å². The van der Waals surface area contributed by atoms with Crippen molar-refractivity contribution in [2.24, 2.45) is 5.41 Å². The molecule has 2 radical (unpaired) electrons. The molecule has 1 aromatic rings. The third-order valence-electron chi connectivity index (χ3n) is 6.73. The Morgan fingerprint density at radius 1 is 1.34 bits per heavy atom. The number of piperidine rings is 1. The smallest absolute Gasteiger partial charge is 0.392 e. The first-order chi connectivity index (χ1) is 13.7. The van der Waals surface area contributed by atoms with Crippen LogP contribution >= 0.6 is 0 Å². The van der Waals surface area contributed by atoms with Crippen LogP contribution in [0.2, 0.25) is 0 Å². The van der Waals surface area contributed by atoms with Gasteiger partial charge in [-0.1, -0.05) is 0 Å². The summed E-state index contributed by atoms with van der Waals surface area (Å²) in [7, 11) is 5.59. The average Bonchev–Trinajstić information content (AvgIpc) is 3.27. The zero-order chi connectivity index (χ0) is 20.8. The van der Waals surface area contributed by atoms with Gasteiger partial charge in [-0.25, -0.2) is 4.79 Å². The largest absolute Gasteiger partial charge is 0.414 e. The predicted octanol–water partition coefficient (Wildman–Crippen LogP) is 0.329. The van der Waals surface area contributed by atoms with Crippen molar-refractivity contribution in [3.63, 3.8) is 0 Å². The highest BCUT2D eigenvalue weighted by atomic mass is 16.8. The van der Waals surface area contributed by atoms with Gasteiger partial charge in [0, 0.05) is 43.9 Å². The predicted molar refractivity (Wildman–Crippen MR) is 104 cm³/mol. The van der Waals surface area contributed by atoms with Crippen molar-refractivity contribution in [1.82, 2.24) is 19.6 Å². The molecule has 3 N–H and O–H groups in total. The first-order valence-corrected chi connectivity index (χ1v) is 10.3. The van der Waals surface area contributed by atoms with Crippen LogP contribution in [-0.4, -0.2) is 87.0 Å². The molecule has 1 aliphatic carbocycles. The Morgan fingerprint density at radius 3 is 2.66 bits per heavy atom. The molecule has 2 aliphatic heterocycles. The van der Waals surface area contributed by atoms with E-state index in [4.69, 9.17) is 7.85 Å². The van der Waals surface area contributed by atoms with Gasteiger partial charge < -0.3 is 29.9 Å². The summed E-state index contributed by atoms with van der Waals surface area (Å²) < 4.78 is 6.15. The second kappa shape index (κ2) is 7.57. The van der Waals surface area contributed by atoms with Crippen LogP contribution in [0.15, 0.2) is 12.3 Å². The molecular formula is C19H29BN4O5. The lowest BCUT2D eigenvalue weighted by atomic mass is 9.64. The number of aliphatic hydroxyl groups excluding tert-OH is 1. The monoisotopic (exact) mass is 404 g/mol. The number of rotatable bonds is 4. The lowest BCUT2D eigenvalue weighted by Crippen LogP contribution is -2.54. The molecule has 1 unspecified atom stereocenters. The number of hydrogen-bond donors (Lipinski definition) is 3. The lowest BCUT2D eigenvalue weighted by molar-refractivity contribution is -0.296. The van der Waals surface area contributed by atoms with E-state index >= 15 is 0 Å². The summed E-state index contributed by atoms with van der Waals surface area (Å²) in [4.78, 5) is 16.1. The molecule has 29 heavy (non-hydrogen) atoms. The number of likely N-dealkylation sites (tertiary alicyclic amines) is 2. The van der Waals surface area contributed by atoms with E-state index < -0.39 is 18.2 Å². The van der Waals surface area contributed by atoms with Crippen molar-refractivity contribution < 1.29 is 24.9 Å². The van der Waals surface area contributed by atoms with Crippen molar-refractivity contribution in [2.75, 3.05) is 26.2 Å². The zero-order valence-electron chi connectivity index (χ0n) is 16.8. The zero-order valence-corrected chi connectivity index (χ0v) is 16.8. The minimum Gasteiger partial charge on any atom is -0.392 e. The van der Waals surface area contributed by atoms with E-state index in [0.29, 0.717) is 25.0 Å². The van der Waals surface area contributed by atoms with Gasteiger partial charge in [0.05, 0.1) is 0 Å². The van der Waals surface area contributed by atoms with Crippen molar-refractivity contribution in [2.45, 2.75) is 63.1 Å². The molecular weight excluding hydrogens is 375 g/mol. The van der Waals surface area contributed by atoms with Gasteiger partial charge in [-0.2, -0.15) is 5.10 Å². The summed E-state index contributed by atoms with van der Waals surface area (Å²) in [6, 6.07) is 2.46. The molecule has 10 heteroatoms. The van der Waals surface area contributed by atoms with E-state index in [-0.39, 0.29) is 5.41 Å². The van der Waals surface area contributed by atoms with E-state index in [0.717, 1.165) is 57.8 Å². The SMILES string of the molecule is [B]C(O)n1nccc1C1CCN(C2CC3(CCN(C(=O)OC(C)(O)O)C3)C2)CC1. The average molecular weight is 404 g/mol. The van der Waals surface area contributed by atoms with E-state index in [1.165, 1.54) is 4.68 Å². The van der Waals surface area contributed by atoms with Crippen LogP contribution in [0.5, 0.6) is 0 Å². The van der Waals surface area contributed by atoms with Crippen LogP contribution < -0.4 is 0 Å². The van der Waals surface area contributed by atoms with Gasteiger partial charge in [-0.05, 0) is 56.7 Å². The molecule has 1 aromatic heterocycles. The highest BCUT2D eigenvalue weighted by Gasteiger charge is 2.51. The van der Waals surface area contributed by atoms with Crippen LogP contribution in [0.25, 0.3) is 0 Å². The molecule has 9 nitrogen and oxygen atoms in total. The van der Waals surface area contributed by atoms with Crippen molar-refractivity contribution in [1.29, 1.82) is 0 Å². The minimum atomic E-state index is -2.44. The molecule has 0 bridgehead atoms. The Labute approximate surface area is 171 Å². The summed E-state index contributed by atoms with van der Waals surface area (Å²) in [5.41, 5.74) is 1.12. The maximum absolute atomic E-state index is 12.0. The molecule has 1 atom stereocenters. The van der Waals surface area contributed by atoms with E-state index in [1.54, 1.807) is 11.1 Å². The van der Waals surface area contributed by atoms with E-state index in [2.05, 4.69) is 14.7 Å². The van der Waals surface area contributed by atoms with Crippen molar-refractivity contribution >= 4 is 13.9 Å². The highest BCUT2D eigenvalue weighted by Crippen LogP contribution is 2.51. The van der Waals surface area contributed by atoms with Crippen LogP contribution in [0.4, 0.5) is 4.79 Å². The topological polar surface area (TPSA) is 111 Å². The molecule has 158 valence electrons. The minimum absolute atomic E-state index is 0.129. The molecule has 2 saturated heterocycles. The molecule has 3 aliphatic rings. The standard InChI is InChI=1S/C19H29BN4O5/c1-18(27,28)29-17(26)23-9-5-19(12-23)10-14(11-19)22-7-3-13(4-8-22)15-2-6-21-24(15)16(20)25/h2,6,13-14,16,25,27-28H,3-5,7-12H2,1H3. The molecule has 4 rings (SSSR count). The Balaban J connectivity index is 1.25. The second-order valence-corrected chi connectivity index (χ2v) is 8.96. The Kier molecular flexibility index (Phi) is 5.39. The lowest BCUT2D eigenvalue weighted by Gasteiger charge is -2.51. The number of aliphatic hydroxyl groups is 3. The van der Waals surface area contributed by atoms with Crippen LogP contribution in [0.1, 0.15) is 56.8 Å². The normalized spacial score (nSPS) is 29.8. The van der Waals surface area contributed by atoms with E-state index in [1.807, 2.05) is 6.07 Å². The van der Waals surface area contributed by atoms with Crippen LogP contribution in [0.3, 0.4) is 0 Å². The molecule has 1 saturated carbocycles. The van der Waals surface area contributed by atoms with Gasteiger partial charge in [0.2, 0.25) is 0 Å². The Morgan fingerprint density at radius 2 is 2.03 bits per heavy atom. The third kappa shape index (κ3) is 4.30. The fourth-order valence-electron chi connectivity index (χ4n) is 5.28. The number of carbonyl (C=O) groups is 1. The second-order valence-electron chi connectivity index (χ2n) is 8.96. The van der Waals surface area contributed by atoms with Gasteiger partial charge in [-0.15, -0.1) is 0 Å². The van der Waals surface area contributed by atoms with Gasteiger partial charge in [-0.3, -0.25) is 4.68 Å². The summed E-state index contributed by atoms with van der Waals surface area (Å²) in [6.07, 6.45) is 4.95. The first-order valence-electron chi connectivity index (χ1n) is 10.3. The van der Waals surface area contributed by atoms with Gasteiger partial charge in [0.15, 0.2) is 0 Å². The van der Waals surface area contributed by atoms with Crippen LogP contribution in [0, 0.1) is 5.41 Å². The fourth-order valence-corrected chi connectivity index (χ4v) is 5.28. The summed E-state index contributed by atoms with van der Waals surface area (Å²) in [5, 5.41) is 32.3. The number of hydrogen-bond acceptors (Lipinski definition) is 7. The highest BCUT2D eigenvalue weighted by molar-refractivity contribution is 6.09. The quantitative estimate of drug-likeness (QED) is 0.490. The van der Waals surface area contributed by atoms with E-state index in [9.17, 15) is 20.1 Å². The summed E-state index contributed by atoms with van der Waals surface area (Å²) in [5.74, 6) is -2.08. The number of nitrogens with zero attached hydrogens (tertiary/aromatic N) is 4. The number of aromatic nitrogens is 2. The van der Waals surface area contributed by atoms with Gasteiger partial charge in [0.25, 0.3) is 0 Å². The molecule has 1 amide bonds. The van der Waals surface area contributed by atoms with Gasteiger partial charge >= 0.3 is 12.1 Å². The first kappa shape index (κ1) is 20.6. The Bertz CT molecular complexity index is 735. The maximum Gasteiger partial charge on any atom is 0.414 e. The maximum atomic E-state index is 12.0. The van der Waals surface area contributed by atoms with Crippen molar-refractivity contribution in [3.05, 3.63) is 18.0 Å². The molecule has 3 heterocycles. The van der Waals surface area contributed by atoms with Crippen molar-refractivity contribution in [3.8, 4) is 0 Å². The molecule has 3 fully saturated rings. The number of ether oxygens (including phenoxy) is 1. The third-order valence-corrected chi connectivity index (χ3v) is 6.73. The number of amides is 1. The van der Waals surface area contributed by atoms with Gasteiger partial charge in [0.1, 0.15) is 14.0 Å². The molecule has 0 aromatic carbocycles. The summed E-state index contributed by atoms with van der Waals surface area (Å²) in [6.45, 7) is 4.23. The Hall–Kier alpha value is -1.62.